The lowest BCUT2D eigenvalue weighted by atomic mass is 10.1. The number of benzene rings is 1. The molecular formula is C15H9FN2O4. The monoisotopic (exact) mass is 300 g/mol. The average molecular weight is 300 g/mol. The Bertz CT molecular complexity index is 756. The topological polar surface area (TPSA) is 76.6 Å². The van der Waals surface area contributed by atoms with Crippen molar-refractivity contribution in [2.24, 2.45) is 0 Å². The van der Waals surface area contributed by atoms with Gasteiger partial charge in [-0.05, 0) is 29.8 Å². The second-order valence-corrected chi connectivity index (χ2v) is 4.58. The lowest BCUT2D eigenvalue weighted by molar-refractivity contribution is -0.167. The van der Waals surface area contributed by atoms with E-state index in [2.05, 4.69) is 4.98 Å². The number of imide groups is 1. The number of hydrogen-bond acceptors (Lipinski definition) is 5. The van der Waals surface area contributed by atoms with Crippen LogP contribution < -0.4 is 0 Å². The van der Waals surface area contributed by atoms with E-state index in [1.54, 1.807) is 12.1 Å². The molecule has 0 bridgehead atoms. The fourth-order valence-corrected chi connectivity index (χ4v) is 2.10. The van der Waals surface area contributed by atoms with Crippen LogP contribution in [0.3, 0.4) is 0 Å². The molecule has 0 fully saturated rings. The third-order valence-electron chi connectivity index (χ3n) is 3.09. The van der Waals surface area contributed by atoms with Crippen LogP contribution in [0.5, 0.6) is 0 Å². The summed E-state index contributed by atoms with van der Waals surface area (Å²) >= 11 is 0. The molecule has 1 aromatic carbocycles. The first-order valence-electron chi connectivity index (χ1n) is 6.35. The smallest absolute Gasteiger partial charge is 0.329 e. The highest BCUT2D eigenvalue weighted by Gasteiger charge is 2.38. The minimum absolute atomic E-state index is 0.176. The van der Waals surface area contributed by atoms with Gasteiger partial charge < -0.3 is 4.84 Å². The van der Waals surface area contributed by atoms with Gasteiger partial charge in [-0.15, -0.1) is 0 Å². The second-order valence-electron chi connectivity index (χ2n) is 4.58. The first-order chi connectivity index (χ1) is 10.6. The molecule has 110 valence electrons. The van der Waals surface area contributed by atoms with E-state index in [0.29, 0.717) is 10.6 Å². The number of pyridine rings is 1. The summed E-state index contributed by atoms with van der Waals surface area (Å²) in [4.78, 5) is 44.0. The maximum Gasteiger partial charge on any atom is 0.337 e. The number of aromatic nitrogens is 1. The molecular weight excluding hydrogens is 291 g/mol. The minimum atomic E-state index is -0.847. The summed E-state index contributed by atoms with van der Waals surface area (Å²) in [5.74, 6) is -2.98. The zero-order valence-corrected chi connectivity index (χ0v) is 11.2. The average Bonchev–Trinajstić information content (AvgIpc) is 2.73. The highest BCUT2D eigenvalue weighted by Crippen LogP contribution is 2.22. The van der Waals surface area contributed by atoms with Gasteiger partial charge in [-0.3, -0.25) is 9.59 Å². The van der Waals surface area contributed by atoms with Gasteiger partial charge in [0.25, 0.3) is 11.8 Å². The van der Waals surface area contributed by atoms with E-state index in [9.17, 15) is 18.8 Å². The van der Waals surface area contributed by atoms with Crippen molar-refractivity contribution in [3.05, 3.63) is 65.2 Å². The van der Waals surface area contributed by atoms with Crippen LogP contribution in [0.1, 0.15) is 26.3 Å². The fraction of sp³-hybridized carbons (Fsp3) is 0.0667. The maximum absolute atomic E-state index is 12.9. The number of amides is 2. The molecule has 2 heterocycles. The molecule has 1 aromatic heterocycles. The Balaban J connectivity index is 1.73. The van der Waals surface area contributed by atoms with Crippen molar-refractivity contribution >= 4 is 17.8 Å². The van der Waals surface area contributed by atoms with Crippen LogP contribution in [0.2, 0.25) is 0 Å². The molecule has 0 saturated heterocycles. The van der Waals surface area contributed by atoms with Gasteiger partial charge in [-0.2, -0.15) is 4.39 Å². The molecule has 3 rings (SSSR count). The van der Waals surface area contributed by atoms with Crippen molar-refractivity contribution in [3.63, 3.8) is 0 Å². The molecule has 2 amide bonds. The first-order valence-corrected chi connectivity index (χ1v) is 6.35. The summed E-state index contributed by atoms with van der Waals surface area (Å²) < 4.78 is 12.9. The lowest BCUT2D eigenvalue weighted by Crippen LogP contribution is -2.33. The Hall–Kier alpha value is -3.09. The Labute approximate surface area is 124 Å². The molecule has 0 N–H and O–H groups in total. The zero-order chi connectivity index (χ0) is 15.7. The third kappa shape index (κ3) is 2.44. The molecule has 6 nitrogen and oxygen atoms in total. The number of nitrogens with zero attached hydrogens (tertiary/aromatic N) is 2. The van der Waals surface area contributed by atoms with Gasteiger partial charge in [-0.25, -0.2) is 9.78 Å². The predicted octanol–water partition coefficient (Wildman–Crippen LogP) is 1.52. The molecule has 0 spiro atoms. The Morgan fingerprint density at radius 1 is 1.14 bits per heavy atom. The molecule has 0 saturated carbocycles. The number of halogens is 1. The Kier molecular flexibility index (Phi) is 3.38. The zero-order valence-electron chi connectivity index (χ0n) is 11.2. The van der Waals surface area contributed by atoms with E-state index in [-0.39, 0.29) is 17.5 Å². The van der Waals surface area contributed by atoms with E-state index in [4.69, 9.17) is 4.84 Å². The van der Waals surface area contributed by atoms with E-state index in [0.717, 1.165) is 6.07 Å². The SMILES string of the molecule is O=C(Cc1ccnc(F)c1)ON1C(=O)c2ccccc2C1=O. The van der Waals surface area contributed by atoms with Crippen molar-refractivity contribution in [1.82, 2.24) is 10.0 Å². The second kappa shape index (κ2) is 5.36. The fourth-order valence-electron chi connectivity index (χ4n) is 2.10. The molecule has 7 heteroatoms. The van der Waals surface area contributed by atoms with Crippen LogP contribution in [-0.2, 0) is 16.1 Å². The highest BCUT2D eigenvalue weighted by atomic mass is 19.1. The third-order valence-corrected chi connectivity index (χ3v) is 3.09. The Morgan fingerprint density at radius 3 is 2.36 bits per heavy atom. The summed E-state index contributed by atoms with van der Waals surface area (Å²) in [6.07, 6.45) is 0.923. The normalized spacial score (nSPS) is 13.2. The molecule has 0 atom stereocenters. The highest BCUT2D eigenvalue weighted by molar-refractivity contribution is 6.20. The maximum atomic E-state index is 12.9. The number of carbonyl (C=O) groups excluding carboxylic acids is 3. The van der Waals surface area contributed by atoms with Gasteiger partial charge in [0.05, 0.1) is 17.5 Å². The van der Waals surface area contributed by atoms with Crippen LogP contribution >= 0.6 is 0 Å². The van der Waals surface area contributed by atoms with E-state index >= 15 is 0 Å². The molecule has 0 unspecified atom stereocenters. The molecule has 0 radical (unpaired) electrons. The van der Waals surface area contributed by atoms with Crippen LogP contribution in [0.15, 0.2) is 42.6 Å². The minimum Gasteiger partial charge on any atom is -0.329 e. The standard InChI is InChI=1S/C15H9FN2O4/c16-12-7-9(5-6-17-12)8-13(19)22-18-14(20)10-3-1-2-4-11(10)15(18)21/h1-7H,8H2. The predicted molar refractivity (Wildman–Crippen MR) is 70.9 cm³/mol. The molecule has 1 aliphatic heterocycles. The summed E-state index contributed by atoms with van der Waals surface area (Å²) in [6.45, 7) is 0. The quantitative estimate of drug-likeness (QED) is 0.634. The van der Waals surface area contributed by atoms with Gasteiger partial charge in [0.2, 0.25) is 5.95 Å². The first kappa shape index (κ1) is 13.9. The van der Waals surface area contributed by atoms with Crippen LogP contribution in [0.4, 0.5) is 4.39 Å². The summed E-state index contributed by atoms with van der Waals surface area (Å²) in [5.41, 5.74) is 0.680. The number of rotatable bonds is 3. The van der Waals surface area contributed by atoms with Gasteiger partial charge in [0, 0.05) is 6.20 Å². The van der Waals surface area contributed by atoms with E-state index in [1.807, 2.05) is 0 Å². The van der Waals surface area contributed by atoms with Crippen LogP contribution in [0, 0.1) is 5.95 Å². The Morgan fingerprint density at radius 2 is 1.77 bits per heavy atom. The van der Waals surface area contributed by atoms with Gasteiger partial charge in [-0.1, -0.05) is 17.2 Å². The van der Waals surface area contributed by atoms with Crippen molar-refractivity contribution < 1.29 is 23.6 Å². The lowest BCUT2D eigenvalue weighted by Gasteiger charge is -2.12. The van der Waals surface area contributed by atoms with E-state index in [1.165, 1.54) is 24.4 Å². The van der Waals surface area contributed by atoms with E-state index < -0.39 is 23.7 Å². The van der Waals surface area contributed by atoms with Gasteiger partial charge in [0.1, 0.15) is 0 Å². The summed E-state index contributed by atoms with van der Waals surface area (Å²) in [7, 11) is 0. The van der Waals surface area contributed by atoms with Crippen molar-refractivity contribution in [2.45, 2.75) is 6.42 Å². The van der Waals surface area contributed by atoms with Gasteiger partial charge >= 0.3 is 5.97 Å². The van der Waals surface area contributed by atoms with Crippen LogP contribution in [-0.4, -0.2) is 27.8 Å². The van der Waals surface area contributed by atoms with Crippen molar-refractivity contribution in [3.8, 4) is 0 Å². The van der Waals surface area contributed by atoms with Gasteiger partial charge in [0.15, 0.2) is 0 Å². The molecule has 0 aliphatic carbocycles. The number of hydroxylamine groups is 2. The number of fused-ring (bicyclic) bond motifs is 1. The summed E-state index contributed by atoms with van der Waals surface area (Å²) in [5, 5.41) is 0.421. The molecule has 22 heavy (non-hydrogen) atoms. The van der Waals surface area contributed by atoms with Crippen LogP contribution in [0.25, 0.3) is 0 Å². The summed E-state index contributed by atoms with van der Waals surface area (Å²) in [6, 6.07) is 8.67. The van der Waals surface area contributed by atoms with Crippen molar-refractivity contribution in [1.29, 1.82) is 0 Å². The van der Waals surface area contributed by atoms with Crippen molar-refractivity contribution in [2.75, 3.05) is 0 Å². The number of hydrogen-bond donors (Lipinski definition) is 0. The number of carbonyl (C=O) groups is 3. The molecule has 2 aromatic rings. The molecule has 1 aliphatic rings. The largest absolute Gasteiger partial charge is 0.337 e.